The van der Waals surface area contributed by atoms with Gasteiger partial charge in [0.2, 0.25) is 6.41 Å². The average Bonchev–Trinajstić information content (AvgIpc) is 2.33. The van der Waals surface area contributed by atoms with Gasteiger partial charge in [0, 0.05) is 31.9 Å². The first-order chi connectivity index (χ1) is 7.72. The van der Waals surface area contributed by atoms with Crippen LogP contribution >= 0.6 is 0 Å². The summed E-state index contributed by atoms with van der Waals surface area (Å²) in [7, 11) is 0. The fourth-order valence-corrected chi connectivity index (χ4v) is 2.15. The van der Waals surface area contributed by atoms with Gasteiger partial charge in [0.25, 0.3) is 0 Å². The summed E-state index contributed by atoms with van der Waals surface area (Å²) in [5, 5.41) is 0. The molecule has 1 aliphatic rings. The number of amides is 1. The van der Waals surface area contributed by atoms with Crippen molar-refractivity contribution in [2.45, 2.75) is 13.8 Å². The number of hydrogen-bond donors (Lipinski definition) is 0. The van der Waals surface area contributed by atoms with E-state index >= 15 is 0 Å². The second-order valence-electron chi connectivity index (χ2n) is 4.35. The van der Waals surface area contributed by atoms with Crippen molar-refractivity contribution in [3.05, 3.63) is 29.3 Å². The maximum atomic E-state index is 10.6. The summed E-state index contributed by atoms with van der Waals surface area (Å²) < 4.78 is 0. The number of aryl methyl sites for hydroxylation is 1. The second-order valence-corrected chi connectivity index (χ2v) is 4.35. The Morgan fingerprint density at radius 2 is 1.81 bits per heavy atom. The van der Waals surface area contributed by atoms with Crippen LogP contribution in [0.25, 0.3) is 0 Å². The Morgan fingerprint density at radius 1 is 1.12 bits per heavy atom. The molecule has 0 bridgehead atoms. The molecule has 2 rings (SSSR count). The van der Waals surface area contributed by atoms with Gasteiger partial charge in [-0.25, -0.2) is 0 Å². The molecular formula is C13H18N2O. The molecule has 1 aromatic carbocycles. The molecule has 1 aliphatic heterocycles. The summed E-state index contributed by atoms with van der Waals surface area (Å²) in [6, 6.07) is 6.41. The number of rotatable bonds is 2. The van der Waals surface area contributed by atoms with Crippen LogP contribution in [-0.4, -0.2) is 37.5 Å². The van der Waals surface area contributed by atoms with Crippen LogP contribution in [0, 0.1) is 13.8 Å². The third-order valence-corrected chi connectivity index (χ3v) is 3.38. The highest BCUT2D eigenvalue weighted by Gasteiger charge is 2.17. The minimum atomic E-state index is 0.830. The van der Waals surface area contributed by atoms with Crippen molar-refractivity contribution in [1.82, 2.24) is 4.90 Å². The molecule has 1 aromatic rings. The van der Waals surface area contributed by atoms with Gasteiger partial charge in [-0.05, 0) is 31.0 Å². The van der Waals surface area contributed by atoms with Gasteiger partial charge in [-0.1, -0.05) is 12.1 Å². The van der Waals surface area contributed by atoms with E-state index in [0.717, 1.165) is 32.6 Å². The second kappa shape index (κ2) is 4.56. The Labute approximate surface area is 96.7 Å². The van der Waals surface area contributed by atoms with Crippen LogP contribution in [0.15, 0.2) is 18.2 Å². The van der Waals surface area contributed by atoms with Gasteiger partial charge in [0.15, 0.2) is 0 Å². The Bertz CT molecular complexity index is 382. The van der Waals surface area contributed by atoms with E-state index in [-0.39, 0.29) is 0 Å². The number of nitrogens with zero attached hydrogens (tertiary/aromatic N) is 2. The molecule has 0 unspecified atom stereocenters. The van der Waals surface area contributed by atoms with Crippen molar-refractivity contribution >= 4 is 12.1 Å². The first-order valence-corrected chi connectivity index (χ1v) is 5.73. The standard InChI is InChI=1S/C13H18N2O/c1-11-4-3-5-13(12(11)2)15-8-6-14(10-16)7-9-15/h3-5,10H,6-9H2,1-2H3. The summed E-state index contributed by atoms with van der Waals surface area (Å²) in [6.45, 7) is 7.83. The topological polar surface area (TPSA) is 23.6 Å². The maximum absolute atomic E-state index is 10.6. The number of piperazine rings is 1. The minimum Gasteiger partial charge on any atom is -0.368 e. The zero-order chi connectivity index (χ0) is 11.5. The summed E-state index contributed by atoms with van der Waals surface area (Å²) >= 11 is 0. The summed E-state index contributed by atoms with van der Waals surface area (Å²) in [5.41, 5.74) is 3.99. The van der Waals surface area contributed by atoms with Crippen LogP contribution < -0.4 is 4.90 Å². The summed E-state index contributed by atoms with van der Waals surface area (Å²) in [5.74, 6) is 0. The molecule has 0 aliphatic carbocycles. The molecule has 0 N–H and O–H groups in total. The van der Waals surface area contributed by atoms with Crippen molar-refractivity contribution in [3.8, 4) is 0 Å². The molecule has 3 heteroatoms. The van der Waals surface area contributed by atoms with E-state index in [0.29, 0.717) is 0 Å². The van der Waals surface area contributed by atoms with Crippen molar-refractivity contribution in [2.24, 2.45) is 0 Å². The van der Waals surface area contributed by atoms with E-state index in [1.165, 1.54) is 16.8 Å². The van der Waals surface area contributed by atoms with Gasteiger partial charge < -0.3 is 9.80 Å². The third kappa shape index (κ3) is 2.03. The van der Waals surface area contributed by atoms with Gasteiger partial charge in [-0.2, -0.15) is 0 Å². The number of benzene rings is 1. The monoisotopic (exact) mass is 218 g/mol. The van der Waals surface area contributed by atoms with Gasteiger partial charge in [0.05, 0.1) is 0 Å². The zero-order valence-electron chi connectivity index (χ0n) is 9.94. The molecule has 0 radical (unpaired) electrons. The molecule has 86 valence electrons. The Balaban J connectivity index is 2.14. The highest BCUT2D eigenvalue weighted by Crippen LogP contribution is 2.23. The first kappa shape index (κ1) is 11.0. The van der Waals surface area contributed by atoms with Crippen molar-refractivity contribution in [1.29, 1.82) is 0 Å². The Hall–Kier alpha value is -1.51. The maximum Gasteiger partial charge on any atom is 0.209 e. The number of hydrogen-bond acceptors (Lipinski definition) is 2. The van der Waals surface area contributed by atoms with Gasteiger partial charge >= 0.3 is 0 Å². The molecule has 1 fully saturated rings. The van der Waals surface area contributed by atoms with Crippen LogP contribution in [0.3, 0.4) is 0 Å². The molecular weight excluding hydrogens is 200 g/mol. The van der Waals surface area contributed by atoms with Crippen molar-refractivity contribution in [3.63, 3.8) is 0 Å². The number of carbonyl (C=O) groups is 1. The van der Waals surface area contributed by atoms with Crippen LogP contribution in [0.1, 0.15) is 11.1 Å². The SMILES string of the molecule is Cc1cccc(N2CCN(C=O)CC2)c1C. The minimum absolute atomic E-state index is 0.830. The molecule has 1 saturated heterocycles. The number of carbonyl (C=O) groups excluding carboxylic acids is 1. The van der Waals surface area contributed by atoms with Crippen molar-refractivity contribution in [2.75, 3.05) is 31.1 Å². The van der Waals surface area contributed by atoms with Crippen LogP contribution in [-0.2, 0) is 4.79 Å². The van der Waals surface area contributed by atoms with E-state index < -0.39 is 0 Å². The first-order valence-electron chi connectivity index (χ1n) is 5.73. The fraction of sp³-hybridized carbons (Fsp3) is 0.462. The molecule has 3 nitrogen and oxygen atoms in total. The fourth-order valence-electron chi connectivity index (χ4n) is 2.15. The highest BCUT2D eigenvalue weighted by atomic mass is 16.1. The van der Waals surface area contributed by atoms with Crippen LogP contribution in [0.2, 0.25) is 0 Å². The number of anilines is 1. The van der Waals surface area contributed by atoms with E-state index in [9.17, 15) is 4.79 Å². The lowest BCUT2D eigenvalue weighted by molar-refractivity contribution is -0.118. The van der Waals surface area contributed by atoms with Crippen molar-refractivity contribution < 1.29 is 4.79 Å². The quantitative estimate of drug-likeness (QED) is 0.704. The lowest BCUT2D eigenvalue weighted by atomic mass is 10.1. The lowest BCUT2D eigenvalue weighted by Gasteiger charge is -2.35. The normalized spacial score (nSPS) is 16.4. The molecule has 1 heterocycles. The van der Waals surface area contributed by atoms with E-state index in [1.807, 2.05) is 4.90 Å². The van der Waals surface area contributed by atoms with Gasteiger partial charge in [-0.15, -0.1) is 0 Å². The predicted octanol–water partition coefficient (Wildman–Crippen LogP) is 1.58. The largest absolute Gasteiger partial charge is 0.368 e. The summed E-state index contributed by atoms with van der Waals surface area (Å²) in [6.07, 6.45) is 0.945. The summed E-state index contributed by atoms with van der Waals surface area (Å²) in [4.78, 5) is 14.8. The highest BCUT2D eigenvalue weighted by molar-refractivity contribution is 5.57. The predicted molar refractivity (Wildman–Crippen MR) is 65.8 cm³/mol. The van der Waals surface area contributed by atoms with Crippen LogP contribution in [0.4, 0.5) is 5.69 Å². The molecule has 0 spiro atoms. The smallest absolute Gasteiger partial charge is 0.209 e. The Morgan fingerprint density at radius 3 is 2.44 bits per heavy atom. The molecule has 16 heavy (non-hydrogen) atoms. The van der Waals surface area contributed by atoms with E-state index in [1.54, 1.807) is 0 Å². The van der Waals surface area contributed by atoms with E-state index in [2.05, 4.69) is 36.9 Å². The zero-order valence-corrected chi connectivity index (χ0v) is 9.94. The van der Waals surface area contributed by atoms with Crippen LogP contribution in [0.5, 0.6) is 0 Å². The van der Waals surface area contributed by atoms with Gasteiger partial charge in [0.1, 0.15) is 0 Å². The lowest BCUT2D eigenvalue weighted by Crippen LogP contribution is -2.45. The Kier molecular flexibility index (Phi) is 3.13. The average molecular weight is 218 g/mol. The van der Waals surface area contributed by atoms with E-state index in [4.69, 9.17) is 0 Å². The third-order valence-electron chi connectivity index (χ3n) is 3.38. The molecule has 0 aromatic heterocycles. The molecule has 0 saturated carbocycles. The van der Waals surface area contributed by atoms with Gasteiger partial charge in [-0.3, -0.25) is 4.79 Å². The molecule has 1 amide bonds. The molecule has 0 atom stereocenters.